The Balaban J connectivity index is 3.13. The quantitative estimate of drug-likeness (QED) is 0.693. The van der Waals surface area contributed by atoms with Crippen LogP contribution in [0.15, 0.2) is 18.2 Å². The van der Waals surface area contributed by atoms with E-state index in [-0.39, 0.29) is 5.92 Å². The van der Waals surface area contributed by atoms with Crippen LogP contribution in [0.5, 0.6) is 5.75 Å². The molecule has 0 saturated carbocycles. The molecular formula is C12H14O3. The van der Waals surface area contributed by atoms with Crippen LogP contribution in [0.4, 0.5) is 0 Å². The van der Waals surface area contributed by atoms with Crippen molar-refractivity contribution >= 4 is 12.6 Å². The summed E-state index contributed by atoms with van der Waals surface area (Å²) in [4.78, 5) is 21.3. The third kappa shape index (κ3) is 2.65. The summed E-state index contributed by atoms with van der Waals surface area (Å²) in [5.41, 5.74) is 1.37. The van der Waals surface area contributed by atoms with E-state index in [2.05, 4.69) is 0 Å². The molecule has 1 aromatic rings. The van der Waals surface area contributed by atoms with Crippen LogP contribution in [-0.4, -0.2) is 19.2 Å². The van der Waals surface area contributed by atoms with Gasteiger partial charge >= 0.3 is 0 Å². The van der Waals surface area contributed by atoms with Gasteiger partial charge in [-0.25, -0.2) is 0 Å². The maximum Gasteiger partial charge on any atom is 0.150 e. The van der Waals surface area contributed by atoms with Crippen LogP contribution in [-0.2, 0) is 4.79 Å². The zero-order valence-corrected chi connectivity index (χ0v) is 8.90. The predicted molar refractivity (Wildman–Crippen MR) is 57.5 cm³/mol. The number of ether oxygens (including phenoxy) is 1. The number of aldehydes is 2. The smallest absolute Gasteiger partial charge is 0.150 e. The summed E-state index contributed by atoms with van der Waals surface area (Å²) in [7, 11) is 0. The lowest BCUT2D eigenvalue weighted by Crippen LogP contribution is -2.02. The molecule has 1 aromatic carbocycles. The highest BCUT2D eigenvalue weighted by Gasteiger charge is 2.11. The second kappa shape index (κ2) is 5.29. The van der Waals surface area contributed by atoms with Gasteiger partial charge < -0.3 is 9.53 Å². The van der Waals surface area contributed by atoms with Gasteiger partial charge in [0.1, 0.15) is 18.3 Å². The Kier molecular flexibility index (Phi) is 4.03. The van der Waals surface area contributed by atoms with E-state index in [1.165, 1.54) is 0 Å². The number of hydrogen-bond donors (Lipinski definition) is 0. The minimum Gasteiger partial charge on any atom is -0.494 e. The Bertz CT molecular complexity index is 358. The molecule has 0 heterocycles. The third-order valence-corrected chi connectivity index (χ3v) is 2.17. The first-order chi connectivity index (χ1) is 7.22. The molecule has 0 N–H and O–H groups in total. The Morgan fingerprint density at radius 3 is 2.67 bits per heavy atom. The number of benzene rings is 1. The van der Waals surface area contributed by atoms with Gasteiger partial charge in [0.25, 0.3) is 0 Å². The van der Waals surface area contributed by atoms with E-state index >= 15 is 0 Å². The molecule has 80 valence electrons. The van der Waals surface area contributed by atoms with Gasteiger partial charge in [-0.1, -0.05) is 19.1 Å². The first-order valence-electron chi connectivity index (χ1n) is 4.90. The van der Waals surface area contributed by atoms with Crippen LogP contribution < -0.4 is 4.74 Å². The summed E-state index contributed by atoms with van der Waals surface area (Å²) in [5, 5.41) is 0. The minimum absolute atomic E-state index is 0.216. The largest absolute Gasteiger partial charge is 0.494 e. The molecule has 1 unspecified atom stereocenters. The van der Waals surface area contributed by atoms with Gasteiger partial charge in [-0.15, -0.1) is 0 Å². The highest BCUT2D eigenvalue weighted by molar-refractivity contribution is 5.76. The van der Waals surface area contributed by atoms with E-state index in [0.717, 1.165) is 18.1 Å². The molecule has 3 nitrogen and oxygen atoms in total. The topological polar surface area (TPSA) is 43.4 Å². The lowest BCUT2D eigenvalue weighted by Gasteiger charge is -2.12. The molecule has 0 spiro atoms. The number of carbonyl (C=O) groups is 2. The normalized spacial score (nSPS) is 11.9. The summed E-state index contributed by atoms with van der Waals surface area (Å²) in [5.74, 6) is 0.397. The standard InChI is InChI=1S/C12H14O3/c1-3-15-12-6-10(8-14)4-5-11(12)9(2)7-13/h4-9H,3H2,1-2H3. The fourth-order valence-corrected chi connectivity index (χ4v) is 1.35. The Morgan fingerprint density at radius 2 is 2.13 bits per heavy atom. The summed E-state index contributed by atoms with van der Waals surface area (Å²) >= 11 is 0. The van der Waals surface area contributed by atoms with Crippen molar-refractivity contribution in [2.75, 3.05) is 6.61 Å². The second-order valence-electron chi connectivity index (χ2n) is 3.27. The van der Waals surface area contributed by atoms with Gasteiger partial charge in [0.2, 0.25) is 0 Å². The average Bonchev–Trinajstić information content (AvgIpc) is 2.28. The first-order valence-corrected chi connectivity index (χ1v) is 4.90. The summed E-state index contributed by atoms with van der Waals surface area (Å²) in [6.45, 7) is 4.18. The zero-order chi connectivity index (χ0) is 11.3. The van der Waals surface area contributed by atoms with Gasteiger partial charge in [-0.05, 0) is 13.0 Å². The first kappa shape index (κ1) is 11.4. The van der Waals surface area contributed by atoms with Gasteiger partial charge in [0.05, 0.1) is 6.61 Å². The number of rotatable bonds is 5. The molecule has 0 saturated heterocycles. The highest BCUT2D eigenvalue weighted by atomic mass is 16.5. The molecule has 0 aliphatic rings. The van der Waals surface area contributed by atoms with Crippen molar-refractivity contribution in [1.82, 2.24) is 0 Å². The van der Waals surface area contributed by atoms with Crippen molar-refractivity contribution in [2.45, 2.75) is 19.8 Å². The summed E-state index contributed by atoms with van der Waals surface area (Å²) in [6.07, 6.45) is 1.62. The van der Waals surface area contributed by atoms with Crippen molar-refractivity contribution in [3.05, 3.63) is 29.3 Å². The lowest BCUT2D eigenvalue weighted by molar-refractivity contribution is -0.108. The number of carbonyl (C=O) groups excluding carboxylic acids is 2. The van der Waals surface area contributed by atoms with Crippen molar-refractivity contribution in [3.63, 3.8) is 0 Å². The van der Waals surface area contributed by atoms with Gasteiger partial charge in [0.15, 0.2) is 0 Å². The zero-order valence-electron chi connectivity index (χ0n) is 8.90. The van der Waals surface area contributed by atoms with Crippen LogP contribution in [0.3, 0.4) is 0 Å². The van der Waals surface area contributed by atoms with Crippen molar-refractivity contribution < 1.29 is 14.3 Å². The fraction of sp³-hybridized carbons (Fsp3) is 0.333. The molecule has 0 radical (unpaired) electrons. The molecule has 0 aliphatic carbocycles. The van der Waals surface area contributed by atoms with E-state index in [4.69, 9.17) is 4.74 Å². The lowest BCUT2D eigenvalue weighted by atomic mass is 10.00. The average molecular weight is 206 g/mol. The fourth-order valence-electron chi connectivity index (χ4n) is 1.35. The number of hydrogen-bond acceptors (Lipinski definition) is 3. The third-order valence-electron chi connectivity index (χ3n) is 2.17. The maximum atomic E-state index is 10.7. The molecule has 0 bridgehead atoms. The molecule has 0 amide bonds. The molecule has 0 fully saturated rings. The summed E-state index contributed by atoms with van der Waals surface area (Å²) in [6, 6.07) is 5.10. The molecule has 3 heteroatoms. The van der Waals surface area contributed by atoms with Crippen LogP contribution in [0.2, 0.25) is 0 Å². The van der Waals surface area contributed by atoms with Crippen LogP contribution in [0.25, 0.3) is 0 Å². The molecular weight excluding hydrogens is 192 g/mol. The second-order valence-corrected chi connectivity index (χ2v) is 3.27. The Morgan fingerprint density at radius 1 is 1.40 bits per heavy atom. The monoisotopic (exact) mass is 206 g/mol. The van der Waals surface area contributed by atoms with Crippen molar-refractivity contribution in [1.29, 1.82) is 0 Å². The van der Waals surface area contributed by atoms with Crippen LogP contribution in [0.1, 0.15) is 35.7 Å². The molecule has 1 rings (SSSR count). The van der Waals surface area contributed by atoms with E-state index in [1.807, 2.05) is 6.92 Å². The molecule has 1 atom stereocenters. The molecule has 0 aromatic heterocycles. The van der Waals surface area contributed by atoms with Gasteiger partial charge in [-0.2, -0.15) is 0 Å². The van der Waals surface area contributed by atoms with Crippen molar-refractivity contribution in [3.8, 4) is 5.75 Å². The Labute approximate surface area is 89.1 Å². The van der Waals surface area contributed by atoms with E-state index in [0.29, 0.717) is 17.9 Å². The predicted octanol–water partition coefficient (Wildman–Crippen LogP) is 2.20. The van der Waals surface area contributed by atoms with Gasteiger partial charge in [-0.3, -0.25) is 4.79 Å². The Hall–Kier alpha value is -1.64. The minimum atomic E-state index is -0.216. The maximum absolute atomic E-state index is 10.7. The van der Waals surface area contributed by atoms with Crippen LogP contribution in [0, 0.1) is 0 Å². The van der Waals surface area contributed by atoms with E-state index < -0.39 is 0 Å². The highest BCUT2D eigenvalue weighted by Crippen LogP contribution is 2.26. The van der Waals surface area contributed by atoms with Gasteiger partial charge in [0, 0.05) is 17.0 Å². The summed E-state index contributed by atoms with van der Waals surface area (Å²) < 4.78 is 5.38. The molecule has 15 heavy (non-hydrogen) atoms. The van der Waals surface area contributed by atoms with E-state index in [1.54, 1.807) is 25.1 Å². The molecule has 0 aliphatic heterocycles. The SMILES string of the molecule is CCOc1cc(C=O)ccc1C(C)C=O. The van der Waals surface area contributed by atoms with E-state index in [9.17, 15) is 9.59 Å². The van der Waals surface area contributed by atoms with Crippen LogP contribution >= 0.6 is 0 Å². The van der Waals surface area contributed by atoms with Crippen molar-refractivity contribution in [2.24, 2.45) is 0 Å².